The first kappa shape index (κ1) is 22.3. The molecular weight excluding hydrogens is 427 g/mol. The summed E-state index contributed by atoms with van der Waals surface area (Å²) >= 11 is 0. The van der Waals surface area contributed by atoms with Crippen molar-refractivity contribution in [2.75, 3.05) is 26.2 Å². The van der Waals surface area contributed by atoms with Crippen LogP contribution in [0.2, 0.25) is 0 Å². The molecular formula is C25H23FN2O5. The molecule has 2 amide bonds. The Balaban J connectivity index is 1.30. The number of piperazine rings is 1. The second kappa shape index (κ2) is 9.68. The van der Waals surface area contributed by atoms with Crippen LogP contribution >= 0.6 is 0 Å². The van der Waals surface area contributed by atoms with E-state index in [2.05, 4.69) is 0 Å². The Morgan fingerprint density at radius 3 is 2.03 bits per heavy atom. The number of carbonyl (C=O) groups is 3. The van der Waals surface area contributed by atoms with Crippen LogP contribution in [0.25, 0.3) is 0 Å². The van der Waals surface area contributed by atoms with Crippen LogP contribution in [0.15, 0.2) is 71.3 Å². The molecule has 170 valence electrons. The SMILES string of the molecule is C[C@H](Oc1ccc(C(=O)c2ccc(F)cc2)cc1)C(=O)N1CCN(C(=O)c2ccco2)CC1. The summed E-state index contributed by atoms with van der Waals surface area (Å²) in [7, 11) is 0. The van der Waals surface area contributed by atoms with E-state index in [0.717, 1.165) is 0 Å². The molecule has 7 nitrogen and oxygen atoms in total. The Morgan fingerprint density at radius 2 is 1.45 bits per heavy atom. The zero-order chi connectivity index (χ0) is 23.4. The highest BCUT2D eigenvalue weighted by atomic mass is 19.1. The normalized spacial score (nSPS) is 14.6. The van der Waals surface area contributed by atoms with Crippen LogP contribution in [0.5, 0.6) is 5.75 Å². The van der Waals surface area contributed by atoms with Gasteiger partial charge in [0.15, 0.2) is 17.6 Å². The first-order valence-corrected chi connectivity index (χ1v) is 10.6. The fourth-order valence-corrected chi connectivity index (χ4v) is 3.65. The molecule has 1 atom stereocenters. The third-order valence-electron chi connectivity index (χ3n) is 5.49. The zero-order valence-electron chi connectivity index (χ0n) is 18.1. The molecule has 33 heavy (non-hydrogen) atoms. The molecule has 1 aliphatic heterocycles. The molecule has 0 radical (unpaired) electrons. The number of hydrogen-bond donors (Lipinski definition) is 0. The molecule has 2 aromatic carbocycles. The van der Waals surface area contributed by atoms with Gasteiger partial charge in [-0.2, -0.15) is 0 Å². The molecule has 0 N–H and O–H groups in total. The highest BCUT2D eigenvalue weighted by Gasteiger charge is 2.29. The van der Waals surface area contributed by atoms with Crippen LogP contribution in [0.1, 0.15) is 33.4 Å². The summed E-state index contributed by atoms with van der Waals surface area (Å²) in [4.78, 5) is 41.0. The molecule has 8 heteroatoms. The summed E-state index contributed by atoms with van der Waals surface area (Å²) in [6.45, 7) is 3.31. The van der Waals surface area contributed by atoms with E-state index in [1.165, 1.54) is 30.5 Å². The lowest BCUT2D eigenvalue weighted by Crippen LogP contribution is -2.53. The van der Waals surface area contributed by atoms with Gasteiger partial charge in [0.25, 0.3) is 11.8 Å². The number of halogens is 1. The minimum atomic E-state index is -0.726. The third-order valence-corrected chi connectivity index (χ3v) is 5.49. The second-order valence-corrected chi connectivity index (χ2v) is 7.72. The van der Waals surface area contributed by atoms with E-state index >= 15 is 0 Å². The first-order valence-electron chi connectivity index (χ1n) is 10.6. The van der Waals surface area contributed by atoms with Crippen molar-refractivity contribution in [2.45, 2.75) is 13.0 Å². The molecule has 0 unspecified atom stereocenters. The molecule has 0 aliphatic carbocycles. The van der Waals surface area contributed by atoms with E-state index in [0.29, 0.717) is 43.1 Å². The lowest BCUT2D eigenvalue weighted by molar-refractivity contribution is -0.139. The van der Waals surface area contributed by atoms with Crippen molar-refractivity contribution >= 4 is 17.6 Å². The van der Waals surface area contributed by atoms with Crippen molar-refractivity contribution in [3.8, 4) is 5.75 Å². The second-order valence-electron chi connectivity index (χ2n) is 7.72. The standard InChI is InChI=1S/C25H23FN2O5/c1-17(24(30)27-12-14-28(15-13-27)25(31)22-3-2-16-32-22)33-21-10-6-19(7-11-21)23(29)18-4-8-20(26)9-5-18/h2-11,16-17H,12-15H2,1H3/t17-/m0/s1. The number of rotatable bonds is 6. The van der Waals surface area contributed by atoms with Crippen molar-refractivity contribution < 1.29 is 27.9 Å². The van der Waals surface area contributed by atoms with Crippen molar-refractivity contribution in [1.82, 2.24) is 9.80 Å². The third kappa shape index (κ3) is 5.11. The Bertz CT molecular complexity index is 1120. The van der Waals surface area contributed by atoms with E-state index in [4.69, 9.17) is 9.15 Å². The molecule has 0 saturated carbocycles. The van der Waals surface area contributed by atoms with Gasteiger partial charge in [-0.25, -0.2) is 4.39 Å². The van der Waals surface area contributed by atoms with Gasteiger partial charge in [-0.05, 0) is 67.6 Å². The van der Waals surface area contributed by atoms with Crippen LogP contribution in [0.3, 0.4) is 0 Å². The van der Waals surface area contributed by atoms with Crippen molar-refractivity contribution in [3.63, 3.8) is 0 Å². The molecule has 1 fully saturated rings. The molecule has 1 aliphatic rings. The average Bonchev–Trinajstić information content (AvgIpc) is 3.39. The maximum atomic E-state index is 13.1. The zero-order valence-corrected chi connectivity index (χ0v) is 18.1. The average molecular weight is 450 g/mol. The minimum absolute atomic E-state index is 0.174. The molecule has 0 spiro atoms. The number of ether oxygens (including phenoxy) is 1. The number of nitrogens with zero attached hydrogens (tertiary/aromatic N) is 2. The van der Waals surface area contributed by atoms with Gasteiger partial charge in [-0.15, -0.1) is 0 Å². The highest BCUT2D eigenvalue weighted by Crippen LogP contribution is 2.18. The predicted octanol–water partition coefficient (Wildman–Crippen LogP) is 3.40. The highest BCUT2D eigenvalue weighted by molar-refractivity contribution is 6.09. The van der Waals surface area contributed by atoms with E-state index in [1.54, 1.807) is 53.1 Å². The number of ketones is 1. The first-order chi connectivity index (χ1) is 15.9. The van der Waals surface area contributed by atoms with Crippen molar-refractivity contribution in [2.24, 2.45) is 0 Å². The fourth-order valence-electron chi connectivity index (χ4n) is 3.65. The van der Waals surface area contributed by atoms with E-state index in [-0.39, 0.29) is 23.4 Å². The largest absolute Gasteiger partial charge is 0.481 e. The van der Waals surface area contributed by atoms with Gasteiger partial charge < -0.3 is 19.0 Å². The Hall–Kier alpha value is -3.94. The predicted molar refractivity (Wildman–Crippen MR) is 118 cm³/mol. The monoisotopic (exact) mass is 450 g/mol. The molecule has 4 rings (SSSR count). The number of amides is 2. The van der Waals surface area contributed by atoms with Gasteiger partial charge in [-0.3, -0.25) is 14.4 Å². The molecule has 0 bridgehead atoms. The summed E-state index contributed by atoms with van der Waals surface area (Å²) in [5.74, 6) is -0.253. The van der Waals surface area contributed by atoms with Gasteiger partial charge >= 0.3 is 0 Å². The lowest BCUT2D eigenvalue weighted by atomic mass is 10.0. The summed E-state index contributed by atoms with van der Waals surface area (Å²) < 4.78 is 24.0. The van der Waals surface area contributed by atoms with Gasteiger partial charge in [0.2, 0.25) is 0 Å². The van der Waals surface area contributed by atoms with E-state index in [1.807, 2.05) is 0 Å². The van der Waals surface area contributed by atoms with Crippen LogP contribution in [-0.4, -0.2) is 59.7 Å². The Kier molecular flexibility index (Phi) is 6.53. The Labute approximate surface area is 190 Å². The van der Waals surface area contributed by atoms with Crippen LogP contribution in [0, 0.1) is 5.82 Å². The topological polar surface area (TPSA) is 80.1 Å². The summed E-state index contributed by atoms with van der Waals surface area (Å²) in [6.07, 6.45) is 0.730. The number of benzene rings is 2. The smallest absolute Gasteiger partial charge is 0.289 e. The number of hydrogen-bond acceptors (Lipinski definition) is 5. The molecule has 1 aromatic heterocycles. The van der Waals surface area contributed by atoms with Gasteiger partial charge in [-0.1, -0.05) is 0 Å². The fraction of sp³-hybridized carbons (Fsp3) is 0.240. The van der Waals surface area contributed by atoms with Gasteiger partial charge in [0.05, 0.1) is 6.26 Å². The molecule has 1 saturated heterocycles. The van der Waals surface area contributed by atoms with E-state index < -0.39 is 11.9 Å². The maximum absolute atomic E-state index is 13.1. The summed E-state index contributed by atoms with van der Waals surface area (Å²) in [6, 6.07) is 15.1. The molecule has 2 heterocycles. The van der Waals surface area contributed by atoms with Crippen molar-refractivity contribution in [3.05, 3.63) is 89.6 Å². The van der Waals surface area contributed by atoms with Gasteiger partial charge in [0, 0.05) is 37.3 Å². The lowest BCUT2D eigenvalue weighted by Gasteiger charge is -2.35. The minimum Gasteiger partial charge on any atom is -0.481 e. The molecule has 3 aromatic rings. The maximum Gasteiger partial charge on any atom is 0.289 e. The quantitative estimate of drug-likeness (QED) is 0.538. The van der Waals surface area contributed by atoms with Crippen LogP contribution in [0.4, 0.5) is 4.39 Å². The van der Waals surface area contributed by atoms with Gasteiger partial charge in [0.1, 0.15) is 11.6 Å². The van der Waals surface area contributed by atoms with E-state index in [9.17, 15) is 18.8 Å². The summed E-state index contributed by atoms with van der Waals surface area (Å²) in [5, 5.41) is 0. The van der Waals surface area contributed by atoms with Crippen molar-refractivity contribution in [1.29, 1.82) is 0 Å². The van der Waals surface area contributed by atoms with Crippen LogP contribution in [-0.2, 0) is 4.79 Å². The number of carbonyl (C=O) groups excluding carboxylic acids is 3. The number of furan rings is 1. The Morgan fingerprint density at radius 1 is 0.879 bits per heavy atom. The van der Waals surface area contributed by atoms with Crippen LogP contribution < -0.4 is 4.74 Å². The summed E-state index contributed by atoms with van der Waals surface area (Å²) in [5.41, 5.74) is 0.823.